The van der Waals surface area contributed by atoms with Gasteiger partial charge in [-0.1, -0.05) is 18.2 Å². The molecular formula is C12H14N2O. The van der Waals surface area contributed by atoms with E-state index in [2.05, 4.69) is 6.08 Å². The zero-order valence-electron chi connectivity index (χ0n) is 8.92. The number of hydrazine groups is 1. The van der Waals surface area contributed by atoms with E-state index in [4.69, 9.17) is 0 Å². The molecule has 1 unspecified atom stereocenters. The molecule has 0 saturated carbocycles. The second kappa shape index (κ2) is 3.77. The van der Waals surface area contributed by atoms with Gasteiger partial charge in [-0.05, 0) is 32.1 Å². The smallest absolute Gasteiger partial charge is 0.229 e. The summed E-state index contributed by atoms with van der Waals surface area (Å²) in [6.45, 7) is 4.01. The first-order valence-electron chi connectivity index (χ1n) is 5.01. The van der Waals surface area contributed by atoms with Gasteiger partial charge >= 0.3 is 0 Å². The summed E-state index contributed by atoms with van der Waals surface area (Å²) >= 11 is 0. The van der Waals surface area contributed by atoms with E-state index in [0.717, 1.165) is 17.8 Å². The van der Waals surface area contributed by atoms with Crippen LogP contribution in [0.3, 0.4) is 0 Å². The van der Waals surface area contributed by atoms with Crippen LogP contribution in [0.1, 0.15) is 13.8 Å². The number of para-hydroxylation sites is 1. The lowest BCUT2D eigenvalue weighted by Gasteiger charge is -2.30. The Morgan fingerprint density at radius 2 is 1.93 bits per heavy atom. The molecule has 78 valence electrons. The van der Waals surface area contributed by atoms with Crippen molar-refractivity contribution < 1.29 is 4.79 Å². The summed E-state index contributed by atoms with van der Waals surface area (Å²) in [4.78, 5) is 11.0. The SMILES string of the molecule is CC1=CC(C)N(C=O)N1c1ccccc1. The molecule has 0 aromatic heterocycles. The van der Waals surface area contributed by atoms with Crippen molar-refractivity contribution in [2.24, 2.45) is 0 Å². The highest BCUT2D eigenvalue weighted by atomic mass is 16.2. The zero-order valence-corrected chi connectivity index (χ0v) is 8.92. The molecule has 0 fully saturated rings. The summed E-state index contributed by atoms with van der Waals surface area (Å²) < 4.78 is 0. The number of amides is 1. The largest absolute Gasteiger partial charge is 0.277 e. The van der Waals surface area contributed by atoms with E-state index in [-0.39, 0.29) is 6.04 Å². The van der Waals surface area contributed by atoms with Gasteiger partial charge in [-0.25, -0.2) is 5.01 Å². The molecule has 0 radical (unpaired) electrons. The third-order valence-electron chi connectivity index (χ3n) is 2.57. The van der Waals surface area contributed by atoms with Crippen molar-refractivity contribution in [3.63, 3.8) is 0 Å². The molecule has 0 saturated heterocycles. The third kappa shape index (κ3) is 1.61. The molecule has 0 bridgehead atoms. The van der Waals surface area contributed by atoms with E-state index in [0.29, 0.717) is 0 Å². The number of nitrogens with zero attached hydrogens (tertiary/aromatic N) is 2. The molecule has 0 aliphatic carbocycles. The lowest BCUT2D eigenvalue weighted by molar-refractivity contribution is -0.118. The van der Waals surface area contributed by atoms with E-state index in [1.807, 2.05) is 49.2 Å². The van der Waals surface area contributed by atoms with Crippen LogP contribution in [0.4, 0.5) is 5.69 Å². The number of benzene rings is 1. The average Bonchev–Trinajstić information content (AvgIpc) is 2.54. The minimum absolute atomic E-state index is 0.128. The van der Waals surface area contributed by atoms with E-state index in [1.54, 1.807) is 5.01 Å². The van der Waals surface area contributed by atoms with Crippen molar-refractivity contribution in [1.82, 2.24) is 5.01 Å². The maximum atomic E-state index is 11.0. The standard InChI is InChI=1S/C12H14N2O/c1-10-8-11(2)14(13(10)9-15)12-6-4-3-5-7-12/h3-10H,1-2H3. The van der Waals surface area contributed by atoms with Gasteiger partial charge in [-0.15, -0.1) is 0 Å². The molecule has 0 spiro atoms. The van der Waals surface area contributed by atoms with Crippen molar-refractivity contribution in [2.75, 3.05) is 5.01 Å². The Morgan fingerprint density at radius 1 is 1.27 bits per heavy atom. The lowest BCUT2D eigenvalue weighted by atomic mass is 10.3. The molecule has 15 heavy (non-hydrogen) atoms. The number of allylic oxidation sites excluding steroid dienone is 1. The first-order chi connectivity index (χ1) is 7.24. The highest BCUT2D eigenvalue weighted by Crippen LogP contribution is 2.27. The average molecular weight is 202 g/mol. The van der Waals surface area contributed by atoms with Crippen molar-refractivity contribution >= 4 is 12.1 Å². The molecule has 1 aliphatic rings. The Morgan fingerprint density at radius 3 is 2.53 bits per heavy atom. The minimum Gasteiger partial charge on any atom is -0.277 e. The monoisotopic (exact) mass is 202 g/mol. The van der Waals surface area contributed by atoms with Crippen LogP contribution < -0.4 is 5.01 Å². The Labute approximate surface area is 89.6 Å². The van der Waals surface area contributed by atoms with Gasteiger partial charge in [0.2, 0.25) is 6.41 Å². The molecule has 1 heterocycles. The van der Waals surface area contributed by atoms with Crippen molar-refractivity contribution in [2.45, 2.75) is 19.9 Å². The molecule has 1 aromatic carbocycles. The molecule has 3 nitrogen and oxygen atoms in total. The van der Waals surface area contributed by atoms with Crippen LogP contribution in [-0.2, 0) is 4.79 Å². The summed E-state index contributed by atoms with van der Waals surface area (Å²) in [7, 11) is 0. The van der Waals surface area contributed by atoms with Gasteiger partial charge in [0.25, 0.3) is 0 Å². The quantitative estimate of drug-likeness (QED) is 0.686. The fourth-order valence-corrected chi connectivity index (χ4v) is 1.91. The van der Waals surface area contributed by atoms with E-state index >= 15 is 0 Å². The van der Waals surface area contributed by atoms with Crippen LogP contribution in [0.25, 0.3) is 0 Å². The van der Waals surface area contributed by atoms with Gasteiger partial charge < -0.3 is 0 Å². The van der Waals surface area contributed by atoms with Gasteiger partial charge in [0, 0.05) is 5.70 Å². The number of hydrogen-bond acceptors (Lipinski definition) is 2. The highest BCUT2D eigenvalue weighted by molar-refractivity contribution is 5.62. The van der Waals surface area contributed by atoms with Crippen molar-refractivity contribution in [3.8, 4) is 0 Å². The number of anilines is 1. The molecule has 1 aromatic rings. The van der Waals surface area contributed by atoms with E-state index in [9.17, 15) is 4.79 Å². The Hall–Kier alpha value is -1.77. The second-order valence-corrected chi connectivity index (χ2v) is 3.68. The molecule has 2 rings (SSSR count). The maximum absolute atomic E-state index is 11.0. The summed E-state index contributed by atoms with van der Waals surface area (Å²) in [5.74, 6) is 0. The number of hydrogen-bond donors (Lipinski definition) is 0. The van der Waals surface area contributed by atoms with Gasteiger partial charge in [0.15, 0.2) is 0 Å². The Kier molecular flexibility index (Phi) is 2.46. The van der Waals surface area contributed by atoms with Crippen LogP contribution in [-0.4, -0.2) is 17.5 Å². The lowest BCUT2D eigenvalue weighted by Crippen LogP contribution is -2.39. The molecular weight excluding hydrogens is 188 g/mol. The fraction of sp³-hybridized carbons (Fsp3) is 0.250. The maximum Gasteiger partial charge on any atom is 0.229 e. The predicted octanol–water partition coefficient (Wildman–Crippen LogP) is 2.17. The molecule has 1 aliphatic heterocycles. The number of carbonyl (C=O) groups is 1. The molecule has 1 atom stereocenters. The van der Waals surface area contributed by atoms with E-state index < -0.39 is 0 Å². The predicted molar refractivity (Wildman–Crippen MR) is 60.0 cm³/mol. The summed E-state index contributed by atoms with van der Waals surface area (Å²) in [6, 6.07) is 10.0. The molecule has 0 N–H and O–H groups in total. The highest BCUT2D eigenvalue weighted by Gasteiger charge is 2.26. The van der Waals surface area contributed by atoms with Crippen LogP contribution in [0, 0.1) is 0 Å². The van der Waals surface area contributed by atoms with Crippen molar-refractivity contribution in [3.05, 3.63) is 42.1 Å². The van der Waals surface area contributed by atoms with Crippen LogP contribution >= 0.6 is 0 Å². The van der Waals surface area contributed by atoms with Gasteiger partial charge in [0.1, 0.15) is 0 Å². The first-order valence-corrected chi connectivity index (χ1v) is 5.01. The normalized spacial score (nSPS) is 20.4. The van der Waals surface area contributed by atoms with Crippen LogP contribution in [0.2, 0.25) is 0 Å². The molecule has 1 amide bonds. The topological polar surface area (TPSA) is 23.6 Å². The van der Waals surface area contributed by atoms with Gasteiger partial charge in [-0.2, -0.15) is 0 Å². The number of rotatable bonds is 2. The minimum atomic E-state index is 0.128. The van der Waals surface area contributed by atoms with Gasteiger partial charge in [0.05, 0.1) is 11.7 Å². The Balaban J connectivity index is 2.36. The van der Waals surface area contributed by atoms with Gasteiger partial charge in [-0.3, -0.25) is 9.80 Å². The van der Waals surface area contributed by atoms with Crippen LogP contribution in [0.15, 0.2) is 42.1 Å². The zero-order chi connectivity index (χ0) is 10.8. The van der Waals surface area contributed by atoms with Crippen LogP contribution in [0.5, 0.6) is 0 Å². The third-order valence-corrected chi connectivity index (χ3v) is 2.57. The summed E-state index contributed by atoms with van der Waals surface area (Å²) in [5, 5.41) is 3.61. The van der Waals surface area contributed by atoms with Crippen molar-refractivity contribution in [1.29, 1.82) is 0 Å². The second-order valence-electron chi connectivity index (χ2n) is 3.68. The first kappa shape index (κ1) is 9.77. The Bertz CT molecular complexity index is 386. The van der Waals surface area contributed by atoms with E-state index in [1.165, 1.54) is 0 Å². The summed E-state index contributed by atoms with van der Waals surface area (Å²) in [6.07, 6.45) is 2.94. The fourth-order valence-electron chi connectivity index (χ4n) is 1.91. The molecule has 3 heteroatoms. The summed E-state index contributed by atoms with van der Waals surface area (Å²) in [5.41, 5.74) is 2.10. The number of carbonyl (C=O) groups excluding carboxylic acids is 1.